The van der Waals surface area contributed by atoms with Gasteiger partial charge in [0.1, 0.15) is 0 Å². The molecule has 0 unspecified atom stereocenters. The van der Waals surface area contributed by atoms with Gasteiger partial charge in [-0.2, -0.15) is 0 Å². The Morgan fingerprint density at radius 1 is 0.417 bits per heavy atom. The maximum Gasteiger partial charge on any atom is 0.679 e. The van der Waals surface area contributed by atoms with E-state index in [1.165, 1.54) is 0 Å². The van der Waals surface area contributed by atoms with E-state index in [1.54, 1.807) is 0 Å². The molecule has 0 aliphatic carbocycles. The zero-order valence-corrected chi connectivity index (χ0v) is 18.8. The summed E-state index contributed by atoms with van der Waals surface area (Å²) < 4.78 is 37.9. The molecule has 0 radical (unpaired) electrons. The first-order valence-corrected chi connectivity index (χ1v) is 12.8. The normalized spacial score (nSPS) is 12.0. The van der Waals surface area contributed by atoms with Crippen molar-refractivity contribution in [1.82, 2.24) is 0 Å². The van der Waals surface area contributed by atoms with Gasteiger partial charge in [0.05, 0.1) is 0 Å². The van der Waals surface area contributed by atoms with Crippen LogP contribution in [-0.4, -0.2) is 64.1 Å². The summed E-state index contributed by atoms with van der Waals surface area (Å²) >= 11 is 0. The van der Waals surface area contributed by atoms with Gasteiger partial charge >= 0.3 is 17.9 Å². The molecule has 0 aromatic rings. The largest absolute Gasteiger partial charge is 0.679 e. The molecule has 0 rings (SSSR count). The summed E-state index contributed by atoms with van der Waals surface area (Å²) in [5, 5.41) is 0. The molecule has 0 heterocycles. The van der Waals surface area contributed by atoms with Crippen LogP contribution in [0.15, 0.2) is 0 Å². The minimum Gasteiger partial charge on any atom is -0.374 e. The highest BCUT2D eigenvalue weighted by Gasteiger charge is 2.44. The molecule has 9 heteroatoms. The molecule has 0 aromatic carbocycles. The lowest BCUT2D eigenvalue weighted by Crippen LogP contribution is -2.49. The third-order valence-corrected chi connectivity index (χ3v) is 7.51. The van der Waals surface area contributed by atoms with E-state index in [2.05, 4.69) is 0 Å². The molecule has 0 bridgehead atoms. The maximum absolute atomic E-state index is 5.42. The van der Waals surface area contributed by atoms with Gasteiger partial charge in [-0.1, -0.05) is 0 Å². The van der Waals surface area contributed by atoms with E-state index in [9.17, 15) is 0 Å². The standard InChI is InChI=1S/C8H20O4Si.C7H18O3Si/c1-5-9-13(10-6-2,11-7-3)12-8-4;1-5-8-11(4,9-6-2)10-7-3/h5-8H2,1-4H3;5-7H2,1-4H3. The minimum atomic E-state index is -2.80. The van der Waals surface area contributed by atoms with Gasteiger partial charge in [-0.25, -0.2) is 0 Å². The van der Waals surface area contributed by atoms with Crippen molar-refractivity contribution in [2.75, 3.05) is 46.2 Å². The third-order valence-electron chi connectivity index (χ3n) is 2.50. The minimum absolute atomic E-state index is 0.548. The Kier molecular flexibility index (Phi) is 18.3. The van der Waals surface area contributed by atoms with Crippen LogP contribution in [0.25, 0.3) is 0 Å². The van der Waals surface area contributed by atoms with Gasteiger partial charge in [-0.3, -0.25) is 0 Å². The smallest absolute Gasteiger partial charge is 0.374 e. The van der Waals surface area contributed by atoms with E-state index in [0.717, 1.165) is 0 Å². The van der Waals surface area contributed by atoms with Crippen molar-refractivity contribution in [1.29, 1.82) is 0 Å². The highest BCUT2D eigenvalue weighted by molar-refractivity contribution is 6.59. The van der Waals surface area contributed by atoms with Gasteiger partial charge < -0.3 is 31.0 Å². The van der Waals surface area contributed by atoms with Gasteiger partial charge in [0, 0.05) is 52.8 Å². The van der Waals surface area contributed by atoms with E-state index in [-0.39, 0.29) is 0 Å². The number of hydrogen-bond acceptors (Lipinski definition) is 7. The van der Waals surface area contributed by atoms with Crippen LogP contribution in [0, 0.1) is 0 Å². The fourth-order valence-corrected chi connectivity index (χ4v) is 5.61. The summed E-state index contributed by atoms with van der Waals surface area (Å²) in [7, 11) is -5.04. The first-order valence-electron chi connectivity index (χ1n) is 8.90. The fraction of sp³-hybridized carbons (Fsp3) is 1.00. The molecule has 0 spiro atoms. The van der Waals surface area contributed by atoms with Crippen molar-refractivity contribution in [2.45, 2.75) is 55.0 Å². The first-order chi connectivity index (χ1) is 11.4. The van der Waals surface area contributed by atoms with E-state index < -0.39 is 17.9 Å². The molecular weight excluding hydrogens is 348 g/mol. The zero-order chi connectivity index (χ0) is 18.9. The summed E-state index contributed by atoms with van der Waals surface area (Å²) in [6.07, 6.45) is 0. The molecule has 0 aliphatic heterocycles. The molecule has 0 fully saturated rings. The predicted molar refractivity (Wildman–Crippen MR) is 98.8 cm³/mol. The van der Waals surface area contributed by atoms with E-state index >= 15 is 0 Å². The Labute approximate surface area is 150 Å². The summed E-state index contributed by atoms with van der Waals surface area (Å²) in [5.74, 6) is 0. The SMILES string of the molecule is CCO[Si](C)(OCC)OCC.CCO[Si](OCC)(OCC)OCC. The number of hydrogen-bond donors (Lipinski definition) is 0. The third kappa shape index (κ3) is 12.5. The highest BCUT2D eigenvalue weighted by Crippen LogP contribution is 2.11. The fourth-order valence-electron chi connectivity index (χ4n) is 1.87. The molecule has 24 heavy (non-hydrogen) atoms. The van der Waals surface area contributed by atoms with Crippen molar-refractivity contribution >= 4 is 17.9 Å². The van der Waals surface area contributed by atoms with Gasteiger partial charge in [0.25, 0.3) is 0 Å². The Morgan fingerprint density at radius 3 is 0.792 bits per heavy atom. The highest BCUT2D eigenvalue weighted by atomic mass is 28.4. The lowest BCUT2D eigenvalue weighted by atomic mass is 10.9. The average Bonchev–Trinajstić information content (AvgIpc) is 2.49. The van der Waals surface area contributed by atoms with Crippen LogP contribution in [-0.2, 0) is 31.0 Å². The maximum atomic E-state index is 5.42. The molecule has 0 saturated carbocycles. The van der Waals surface area contributed by atoms with Crippen LogP contribution in [0.3, 0.4) is 0 Å². The van der Waals surface area contributed by atoms with Crippen molar-refractivity contribution in [2.24, 2.45) is 0 Å². The van der Waals surface area contributed by atoms with Crippen LogP contribution < -0.4 is 0 Å². The second kappa shape index (κ2) is 16.6. The average molecular weight is 387 g/mol. The van der Waals surface area contributed by atoms with Crippen molar-refractivity contribution in [3.05, 3.63) is 0 Å². The second-order valence-electron chi connectivity index (χ2n) is 4.39. The van der Waals surface area contributed by atoms with Crippen molar-refractivity contribution < 1.29 is 31.0 Å². The van der Waals surface area contributed by atoms with E-state index in [1.807, 2.05) is 55.0 Å². The first kappa shape index (κ1) is 26.4. The molecule has 0 amide bonds. The number of rotatable bonds is 14. The van der Waals surface area contributed by atoms with Crippen molar-refractivity contribution in [3.8, 4) is 0 Å². The molecule has 7 nitrogen and oxygen atoms in total. The van der Waals surface area contributed by atoms with Gasteiger partial charge in [0.2, 0.25) is 0 Å². The summed E-state index contributed by atoms with van der Waals surface area (Å²) in [6, 6.07) is 0. The summed E-state index contributed by atoms with van der Waals surface area (Å²) in [6.45, 7) is 19.5. The monoisotopic (exact) mass is 386 g/mol. The molecule has 0 aromatic heterocycles. The zero-order valence-electron chi connectivity index (χ0n) is 16.8. The lowest BCUT2D eigenvalue weighted by Gasteiger charge is -2.26. The van der Waals surface area contributed by atoms with Crippen LogP contribution in [0.4, 0.5) is 0 Å². The van der Waals surface area contributed by atoms with Crippen LogP contribution >= 0.6 is 0 Å². The molecule has 0 atom stereocenters. The quantitative estimate of drug-likeness (QED) is 0.425. The predicted octanol–water partition coefficient (Wildman–Crippen LogP) is 3.23. The second-order valence-corrected chi connectivity index (χ2v) is 9.14. The Hall–Kier alpha value is 0.154. The van der Waals surface area contributed by atoms with E-state index in [4.69, 9.17) is 31.0 Å². The lowest BCUT2D eigenvalue weighted by molar-refractivity contribution is -0.0247. The van der Waals surface area contributed by atoms with Gasteiger partial charge in [-0.05, 0) is 48.5 Å². The topological polar surface area (TPSA) is 64.6 Å². The molecule has 0 saturated heterocycles. The Balaban J connectivity index is 0. The Morgan fingerprint density at radius 2 is 0.625 bits per heavy atom. The molecule has 0 aliphatic rings. The van der Waals surface area contributed by atoms with Gasteiger partial charge in [-0.15, -0.1) is 0 Å². The van der Waals surface area contributed by atoms with Crippen molar-refractivity contribution in [3.63, 3.8) is 0 Å². The molecule has 148 valence electrons. The van der Waals surface area contributed by atoms with Crippen LogP contribution in [0.5, 0.6) is 0 Å². The molecular formula is C15H38O7Si2. The van der Waals surface area contributed by atoms with Gasteiger partial charge in [0.15, 0.2) is 0 Å². The Bertz CT molecular complexity index is 224. The van der Waals surface area contributed by atoms with E-state index in [0.29, 0.717) is 46.2 Å². The summed E-state index contributed by atoms with van der Waals surface area (Å²) in [5.41, 5.74) is 0. The summed E-state index contributed by atoms with van der Waals surface area (Å²) in [4.78, 5) is 0. The van der Waals surface area contributed by atoms with Crippen LogP contribution in [0.1, 0.15) is 48.5 Å². The van der Waals surface area contributed by atoms with Crippen LogP contribution in [0.2, 0.25) is 6.55 Å². The molecule has 0 N–H and O–H groups in total.